The van der Waals surface area contributed by atoms with Gasteiger partial charge < -0.3 is 4.74 Å². The SMILES string of the molecule is CC1CCC(=O)CCCCCC/C=C\CCOC1=O. The van der Waals surface area contributed by atoms with Gasteiger partial charge in [-0.1, -0.05) is 31.9 Å². The molecule has 0 saturated carbocycles. The van der Waals surface area contributed by atoms with Crippen molar-refractivity contribution in [3.63, 3.8) is 0 Å². The van der Waals surface area contributed by atoms with Crippen molar-refractivity contribution >= 4 is 11.8 Å². The van der Waals surface area contributed by atoms with Crippen LogP contribution in [0.25, 0.3) is 0 Å². The van der Waals surface area contributed by atoms with E-state index in [1.807, 2.05) is 6.92 Å². The van der Waals surface area contributed by atoms with E-state index in [-0.39, 0.29) is 17.7 Å². The number of rotatable bonds is 0. The van der Waals surface area contributed by atoms with Crippen molar-refractivity contribution in [2.45, 2.75) is 64.7 Å². The summed E-state index contributed by atoms with van der Waals surface area (Å²) in [4.78, 5) is 23.3. The molecule has 0 aliphatic carbocycles. The lowest BCUT2D eigenvalue weighted by atomic mass is 10.0. The maximum atomic E-state index is 11.7. The number of cyclic esters (lactones) is 1. The monoisotopic (exact) mass is 266 g/mol. The van der Waals surface area contributed by atoms with Crippen molar-refractivity contribution in [3.8, 4) is 0 Å². The quantitative estimate of drug-likeness (QED) is 0.494. The van der Waals surface area contributed by atoms with Crippen LogP contribution in [0.2, 0.25) is 0 Å². The first kappa shape index (κ1) is 15.9. The fraction of sp³-hybridized carbons (Fsp3) is 0.750. The number of ether oxygens (including phenoxy) is 1. The third-order valence-electron chi connectivity index (χ3n) is 3.53. The Morgan fingerprint density at radius 2 is 1.74 bits per heavy atom. The number of allylic oxidation sites excluding steroid dienone is 1. The third-order valence-corrected chi connectivity index (χ3v) is 3.53. The Morgan fingerprint density at radius 3 is 2.58 bits per heavy atom. The van der Waals surface area contributed by atoms with Crippen molar-refractivity contribution in [3.05, 3.63) is 12.2 Å². The van der Waals surface area contributed by atoms with Gasteiger partial charge in [-0.3, -0.25) is 9.59 Å². The Morgan fingerprint density at radius 1 is 1.00 bits per heavy atom. The van der Waals surface area contributed by atoms with Crippen LogP contribution in [0.1, 0.15) is 64.7 Å². The van der Waals surface area contributed by atoms with Crippen LogP contribution in [0.3, 0.4) is 0 Å². The average Bonchev–Trinajstić information content (AvgIpc) is 2.40. The molecule has 1 unspecified atom stereocenters. The molecule has 3 heteroatoms. The second-order valence-corrected chi connectivity index (χ2v) is 5.36. The molecule has 1 rings (SSSR count). The van der Waals surface area contributed by atoms with Crippen LogP contribution in [0.15, 0.2) is 12.2 Å². The molecule has 0 fully saturated rings. The molecule has 0 bridgehead atoms. The largest absolute Gasteiger partial charge is 0.465 e. The van der Waals surface area contributed by atoms with E-state index in [9.17, 15) is 9.59 Å². The molecule has 19 heavy (non-hydrogen) atoms. The van der Waals surface area contributed by atoms with E-state index in [1.54, 1.807) is 0 Å². The van der Waals surface area contributed by atoms with Crippen molar-refractivity contribution in [1.29, 1.82) is 0 Å². The van der Waals surface area contributed by atoms with E-state index in [4.69, 9.17) is 4.74 Å². The van der Waals surface area contributed by atoms with E-state index in [1.165, 1.54) is 12.8 Å². The van der Waals surface area contributed by atoms with Gasteiger partial charge in [0.15, 0.2) is 0 Å². The Bertz CT molecular complexity index is 307. The second-order valence-electron chi connectivity index (χ2n) is 5.36. The summed E-state index contributed by atoms with van der Waals surface area (Å²) >= 11 is 0. The van der Waals surface area contributed by atoms with Crippen LogP contribution in [0, 0.1) is 5.92 Å². The summed E-state index contributed by atoms with van der Waals surface area (Å²) in [5.41, 5.74) is 0. The molecule has 0 radical (unpaired) electrons. The number of hydrogen-bond donors (Lipinski definition) is 0. The minimum absolute atomic E-state index is 0.166. The number of carbonyl (C=O) groups is 2. The molecule has 1 atom stereocenters. The van der Waals surface area contributed by atoms with E-state index >= 15 is 0 Å². The molecule has 1 aliphatic heterocycles. The first-order valence-electron chi connectivity index (χ1n) is 7.53. The fourth-order valence-corrected chi connectivity index (χ4v) is 2.16. The number of hydrogen-bond acceptors (Lipinski definition) is 3. The van der Waals surface area contributed by atoms with Gasteiger partial charge in [0.25, 0.3) is 0 Å². The summed E-state index contributed by atoms with van der Waals surface area (Å²) in [6, 6.07) is 0. The van der Waals surface area contributed by atoms with Gasteiger partial charge in [0.2, 0.25) is 0 Å². The van der Waals surface area contributed by atoms with Gasteiger partial charge in [0, 0.05) is 12.8 Å². The van der Waals surface area contributed by atoms with Gasteiger partial charge in [-0.25, -0.2) is 0 Å². The summed E-state index contributed by atoms with van der Waals surface area (Å²) in [7, 11) is 0. The van der Waals surface area contributed by atoms with Gasteiger partial charge in [0.05, 0.1) is 12.5 Å². The summed E-state index contributed by atoms with van der Waals surface area (Å²) < 4.78 is 5.19. The highest BCUT2D eigenvalue weighted by molar-refractivity contribution is 5.79. The Hall–Kier alpha value is -1.12. The van der Waals surface area contributed by atoms with Crippen LogP contribution < -0.4 is 0 Å². The van der Waals surface area contributed by atoms with E-state index < -0.39 is 0 Å². The molecule has 0 aromatic rings. The first-order chi connectivity index (χ1) is 9.20. The summed E-state index contributed by atoms with van der Waals surface area (Å²) in [6.07, 6.45) is 12.4. The summed E-state index contributed by atoms with van der Waals surface area (Å²) in [5, 5.41) is 0. The maximum absolute atomic E-state index is 11.7. The van der Waals surface area contributed by atoms with Crippen LogP contribution >= 0.6 is 0 Å². The molecule has 1 aliphatic rings. The van der Waals surface area contributed by atoms with Crippen LogP contribution in [0.4, 0.5) is 0 Å². The zero-order valence-electron chi connectivity index (χ0n) is 12.0. The van der Waals surface area contributed by atoms with Crippen LogP contribution in [-0.4, -0.2) is 18.4 Å². The van der Waals surface area contributed by atoms with Gasteiger partial charge in [-0.2, -0.15) is 0 Å². The minimum atomic E-state index is -0.173. The summed E-state index contributed by atoms with van der Waals surface area (Å²) in [6.45, 7) is 2.29. The molecule has 108 valence electrons. The third kappa shape index (κ3) is 7.81. The maximum Gasteiger partial charge on any atom is 0.308 e. The van der Waals surface area contributed by atoms with Crippen LogP contribution in [0.5, 0.6) is 0 Å². The number of ketones is 1. The molecule has 0 N–H and O–H groups in total. The standard InChI is InChI=1S/C16H26O3/c1-14-11-12-15(17)10-8-6-4-2-3-5-7-9-13-19-16(14)18/h5,7,14H,2-4,6,8-13H2,1H3/b7-5-. The molecular formula is C16H26O3. The highest BCUT2D eigenvalue weighted by atomic mass is 16.5. The molecule has 0 saturated heterocycles. The van der Waals surface area contributed by atoms with E-state index in [0.29, 0.717) is 25.9 Å². The van der Waals surface area contributed by atoms with Crippen molar-refractivity contribution in [2.24, 2.45) is 5.92 Å². The predicted molar refractivity (Wildman–Crippen MR) is 75.8 cm³/mol. The van der Waals surface area contributed by atoms with Crippen molar-refractivity contribution in [1.82, 2.24) is 0 Å². The topological polar surface area (TPSA) is 43.4 Å². The molecule has 0 amide bonds. The molecule has 3 nitrogen and oxygen atoms in total. The highest BCUT2D eigenvalue weighted by Gasteiger charge is 2.15. The molecule has 0 aromatic carbocycles. The number of Topliss-reactive ketones (excluding diaryl/α,β-unsaturated/α-hetero) is 1. The first-order valence-corrected chi connectivity index (χ1v) is 7.53. The second kappa shape index (κ2) is 9.76. The lowest BCUT2D eigenvalue weighted by Crippen LogP contribution is -2.16. The normalized spacial score (nSPS) is 26.7. The molecular weight excluding hydrogens is 240 g/mol. The molecule has 0 aromatic heterocycles. The summed E-state index contributed by atoms with van der Waals surface area (Å²) in [5.74, 6) is -0.0548. The number of esters is 1. The zero-order chi connectivity index (χ0) is 13.9. The van der Waals surface area contributed by atoms with Gasteiger partial charge in [-0.15, -0.1) is 0 Å². The molecule has 1 heterocycles. The van der Waals surface area contributed by atoms with Crippen molar-refractivity contribution < 1.29 is 14.3 Å². The highest BCUT2D eigenvalue weighted by Crippen LogP contribution is 2.13. The predicted octanol–water partition coefficient (Wildman–Crippen LogP) is 3.82. The Balaban J connectivity index is 2.40. The zero-order valence-corrected chi connectivity index (χ0v) is 12.0. The minimum Gasteiger partial charge on any atom is -0.465 e. The fourth-order valence-electron chi connectivity index (χ4n) is 2.16. The van der Waals surface area contributed by atoms with E-state index in [0.717, 1.165) is 25.7 Å². The molecule has 0 spiro atoms. The van der Waals surface area contributed by atoms with Gasteiger partial charge in [-0.05, 0) is 32.1 Å². The number of carbonyl (C=O) groups excluding carboxylic acids is 2. The van der Waals surface area contributed by atoms with Crippen LogP contribution in [-0.2, 0) is 14.3 Å². The average molecular weight is 266 g/mol. The van der Waals surface area contributed by atoms with Gasteiger partial charge >= 0.3 is 5.97 Å². The Labute approximate surface area is 116 Å². The van der Waals surface area contributed by atoms with Crippen molar-refractivity contribution in [2.75, 3.05) is 6.61 Å². The smallest absolute Gasteiger partial charge is 0.308 e. The van der Waals surface area contributed by atoms with Gasteiger partial charge in [0.1, 0.15) is 5.78 Å². The Kier molecular flexibility index (Phi) is 8.19. The lowest BCUT2D eigenvalue weighted by molar-refractivity contribution is -0.148. The van der Waals surface area contributed by atoms with E-state index in [2.05, 4.69) is 12.2 Å². The lowest BCUT2D eigenvalue weighted by Gasteiger charge is -2.10.